The second-order valence-electron chi connectivity index (χ2n) is 36.8. The van der Waals surface area contributed by atoms with Gasteiger partial charge in [-0.1, -0.05) is 560 Å². The molecule has 0 saturated carbocycles. The summed E-state index contributed by atoms with van der Waals surface area (Å²) in [5.74, 6) is 4.10. The second kappa shape index (κ2) is 45.6. The number of aromatic nitrogens is 6. The van der Waals surface area contributed by atoms with Gasteiger partial charge in [-0.2, -0.15) is 0 Å². The molecule has 0 radical (unpaired) electrons. The smallest absolute Gasteiger partial charge is 0.164 e. The van der Waals surface area contributed by atoms with E-state index < -0.39 is 0 Å². The average molecular weight is 1700 g/mol. The Hall–Kier alpha value is -14.7. The lowest BCUT2D eigenvalue weighted by Gasteiger charge is -2.34. The number of hydrogen-bond donors (Lipinski definition) is 0. The molecule has 130 heavy (non-hydrogen) atoms. The predicted molar refractivity (Wildman–Crippen MR) is 558 cm³/mol. The molecular weight excluding hydrogens is 1570 g/mol. The molecule has 17 aromatic carbocycles. The lowest BCUT2D eigenvalue weighted by Crippen LogP contribution is -2.17. The summed E-state index contributed by atoms with van der Waals surface area (Å²) in [7, 11) is 0. The maximum atomic E-state index is 4.68. The predicted octanol–water partition coefficient (Wildman–Crippen LogP) is 34.8. The van der Waals surface area contributed by atoms with Crippen molar-refractivity contribution in [3.63, 3.8) is 0 Å². The van der Waals surface area contributed by atoms with Crippen LogP contribution in [0.3, 0.4) is 0 Å². The molecule has 2 aromatic heterocycles. The van der Waals surface area contributed by atoms with Crippen LogP contribution < -0.4 is 0 Å². The van der Waals surface area contributed by atoms with Crippen molar-refractivity contribution >= 4 is 21.5 Å². The van der Waals surface area contributed by atoms with Crippen LogP contribution in [-0.2, 0) is 10.8 Å². The summed E-state index contributed by atoms with van der Waals surface area (Å²) in [5.41, 5.74) is 24.8. The van der Waals surface area contributed by atoms with E-state index in [9.17, 15) is 0 Å². The zero-order valence-electron chi connectivity index (χ0n) is 78.4. The summed E-state index contributed by atoms with van der Waals surface area (Å²) >= 11 is 0. The first kappa shape index (κ1) is 94.4. The summed E-state index contributed by atoms with van der Waals surface area (Å²) in [5, 5.41) is 5.41. The fourth-order valence-corrected chi connectivity index (χ4v) is 15.3. The normalized spacial score (nSPS) is 10.9. The van der Waals surface area contributed by atoms with Gasteiger partial charge < -0.3 is 0 Å². The third-order valence-corrected chi connectivity index (χ3v) is 20.4. The van der Waals surface area contributed by atoms with Crippen molar-refractivity contribution in [2.45, 2.75) is 122 Å². The molecule has 0 aliphatic rings. The van der Waals surface area contributed by atoms with Crippen LogP contribution in [0.1, 0.15) is 122 Å². The molecule has 0 unspecified atom stereocenters. The van der Waals surface area contributed by atoms with Crippen LogP contribution in [0.25, 0.3) is 157 Å². The first-order valence-electron chi connectivity index (χ1n) is 45.3. The van der Waals surface area contributed by atoms with Gasteiger partial charge in [0.2, 0.25) is 0 Å². The van der Waals surface area contributed by atoms with E-state index in [1.54, 1.807) is 0 Å². The van der Waals surface area contributed by atoms with Crippen molar-refractivity contribution in [1.82, 2.24) is 29.9 Å². The highest BCUT2D eigenvalue weighted by Gasteiger charge is 2.33. The third kappa shape index (κ3) is 26.2. The Kier molecular flexibility index (Phi) is 33.1. The third-order valence-electron chi connectivity index (χ3n) is 20.4. The summed E-state index contributed by atoms with van der Waals surface area (Å²) < 4.78 is 0. The topological polar surface area (TPSA) is 77.3 Å². The molecule has 2 heterocycles. The van der Waals surface area contributed by atoms with E-state index >= 15 is 0 Å². The van der Waals surface area contributed by atoms with Gasteiger partial charge in [-0.25, -0.2) is 29.9 Å². The summed E-state index contributed by atoms with van der Waals surface area (Å²) in [6.07, 6.45) is 0. The largest absolute Gasteiger partial charge is 0.208 e. The fraction of sp³-hybridized carbons (Fsp3) is 0.161. The van der Waals surface area contributed by atoms with E-state index in [2.05, 4.69) is 357 Å². The number of fused-ring (bicyclic) bond motifs is 2. The van der Waals surface area contributed by atoms with Gasteiger partial charge in [-0.05, 0) is 121 Å². The highest BCUT2D eigenvalue weighted by molar-refractivity contribution is 6.16. The lowest BCUT2D eigenvalue weighted by molar-refractivity contribution is 0.469. The van der Waals surface area contributed by atoms with E-state index in [4.69, 9.17) is 0 Å². The summed E-state index contributed by atoms with van der Waals surface area (Å²) in [4.78, 5) is 28.1. The number of benzene rings is 17. The average Bonchev–Trinajstić information content (AvgIpc) is 0.710. The molecule has 19 aromatic rings. The quantitative estimate of drug-likeness (QED) is 0.113. The van der Waals surface area contributed by atoms with Crippen LogP contribution in [0.5, 0.6) is 0 Å². The van der Waals surface area contributed by atoms with Crippen molar-refractivity contribution in [3.8, 4) is 135 Å². The van der Waals surface area contributed by atoms with Crippen LogP contribution in [0, 0.1) is 10.8 Å². The maximum absolute atomic E-state index is 4.68. The van der Waals surface area contributed by atoms with Crippen molar-refractivity contribution in [3.05, 3.63) is 460 Å². The molecule has 0 atom stereocenters. The molecule has 6 nitrogen and oxygen atoms in total. The van der Waals surface area contributed by atoms with Gasteiger partial charge in [0.1, 0.15) is 0 Å². The molecule has 0 aliphatic carbocycles. The van der Waals surface area contributed by atoms with Gasteiger partial charge in [0, 0.05) is 33.4 Å². The van der Waals surface area contributed by atoms with E-state index in [-0.39, 0.29) is 10.8 Å². The molecule has 648 valence electrons. The maximum Gasteiger partial charge on any atom is 0.164 e. The minimum Gasteiger partial charge on any atom is -0.208 e. The minimum atomic E-state index is -0.140. The molecule has 0 spiro atoms. The van der Waals surface area contributed by atoms with Crippen LogP contribution in [0.15, 0.2) is 449 Å². The first-order chi connectivity index (χ1) is 62.9. The van der Waals surface area contributed by atoms with Crippen LogP contribution >= 0.6 is 0 Å². The van der Waals surface area contributed by atoms with Gasteiger partial charge in [0.15, 0.2) is 34.9 Å². The molecule has 0 amide bonds. The van der Waals surface area contributed by atoms with E-state index in [1.807, 2.05) is 232 Å². The van der Waals surface area contributed by atoms with E-state index in [0.29, 0.717) is 45.8 Å². The monoisotopic (exact) mass is 1690 g/mol. The van der Waals surface area contributed by atoms with Crippen molar-refractivity contribution in [2.75, 3.05) is 0 Å². The Morgan fingerprint density at radius 3 is 0.423 bits per heavy atom. The molecule has 19 rings (SSSR count). The van der Waals surface area contributed by atoms with Crippen LogP contribution in [0.4, 0.5) is 0 Å². The Bertz CT molecular complexity index is 5970. The molecule has 0 saturated heterocycles. The summed E-state index contributed by atoms with van der Waals surface area (Å²) in [6, 6.07) is 155. The highest BCUT2D eigenvalue weighted by Crippen LogP contribution is 2.56. The van der Waals surface area contributed by atoms with Gasteiger partial charge in [0.05, 0.1) is 0 Å². The molecule has 0 fully saturated rings. The van der Waals surface area contributed by atoms with Gasteiger partial charge in [0.25, 0.3) is 0 Å². The molecule has 0 aliphatic heterocycles. The SMILES string of the molecule is CC.CC(C)(C)C.CC(C)(C)C.CC(C)(C)c1c(-c2ccccc2)c(-c2ccccc2)c(-c2ccccc2)c(-c2ccccc2)c1-c1ccccc1.CC(C)(C)c1c2ccccc2c(-c2ccccc2)c2ccccc12.c1ccc(-c2nc(-c3ccccc3)nc(-c3ccccc3)n2)cc1.c1ccc(-c2nc(-c3ccccc3)nc(-c3ccccc3)n2)cc1.c1ccccc1. The van der Waals surface area contributed by atoms with Gasteiger partial charge in [-0.3, -0.25) is 0 Å². The van der Waals surface area contributed by atoms with Crippen LogP contribution in [-0.4, -0.2) is 29.9 Å². The van der Waals surface area contributed by atoms with E-state index in [1.165, 1.54) is 99.4 Å². The van der Waals surface area contributed by atoms with Crippen molar-refractivity contribution in [1.29, 1.82) is 0 Å². The number of nitrogens with zero attached hydrogens (tertiary/aromatic N) is 6. The summed E-state index contributed by atoms with van der Waals surface area (Å²) in [6.45, 7) is 35.5. The molecule has 6 heteroatoms. The second-order valence-corrected chi connectivity index (χ2v) is 36.8. The molecular formula is C124H122N6. The Balaban J connectivity index is 0.000000150. The van der Waals surface area contributed by atoms with Crippen molar-refractivity contribution in [2.24, 2.45) is 10.8 Å². The lowest BCUT2D eigenvalue weighted by atomic mass is 9.69. The Labute approximate surface area is 773 Å². The zero-order valence-corrected chi connectivity index (χ0v) is 78.4. The highest BCUT2D eigenvalue weighted by atomic mass is 15.0. The van der Waals surface area contributed by atoms with Gasteiger partial charge >= 0.3 is 0 Å². The van der Waals surface area contributed by atoms with Gasteiger partial charge in [-0.15, -0.1) is 0 Å². The Morgan fingerprint density at radius 2 is 0.254 bits per heavy atom. The van der Waals surface area contributed by atoms with Crippen LogP contribution in [0.2, 0.25) is 0 Å². The molecule has 0 bridgehead atoms. The Morgan fingerprint density at radius 1 is 0.131 bits per heavy atom. The number of hydrogen-bond acceptors (Lipinski definition) is 6. The molecule has 0 N–H and O–H groups in total. The van der Waals surface area contributed by atoms with Crippen molar-refractivity contribution < 1.29 is 0 Å². The first-order valence-corrected chi connectivity index (χ1v) is 45.3. The zero-order chi connectivity index (χ0) is 91.9. The fourth-order valence-electron chi connectivity index (χ4n) is 15.3. The number of rotatable bonds is 12. The van der Waals surface area contributed by atoms with E-state index in [0.717, 1.165) is 33.4 Å². The standard InChI is InChI=1S/C40H34.C24H22.2C21H15N3.C6H6.2C5H12.C2H6/c1-40(2,3)39-37(32-25-15-7-16-26-32)35(30-21-11-5-12-22-30)34(29-19-9-4-10-20-29)36(31-23-13-6-14-24-31)38(39)33-27-17-8-18-28-33;1-24(2,3)23-20-15-9-7-13-18(20)22(17-11-5-4-6-12-17)19-14-8-10-16-21(19)23;2*1-4-10-16(11-5-1)19-22-20(17-12-6-2-7-13-17)24-21(23-19)18-14-8-3-9-15-18;1-2-4-6-5-3-1;2*1-5(2,3)4;1-2/h4-28H,1-3H3;4-16H,1-3H3;2*1-15H;1-6H;2*1-4H3;1-2H3. The minimum absolute atomic E-state index is 0.0917.